The minimum Gasteiger partial charge on any atom is -0.387 e. The summed E-state index contributed by atoms with van der Waals surface area (Å²) in [6.07, 6.45) is -10.7. The van der Waals surface area contributed by atoms with E-state index in [1.165, 1.54) is 0 Å². The van der Waals surface area contributed by atoms with E-state index in [4.69, 9.17) is 47.4 Å². The first-order chi connectivity index (χ1) is 39.1. The zero-order chi connectivity index (χ0) is 53.7. The van der Waals surface area contributed by atoms with Crippen molar-refractivity contribution in [1.82, 2.24) is 0 Å². The molecule has 11 atom stereocenters. The Hall–Kier alpha value is -6.68. The molecule has 0 aromatic heterocycles. The lowest BCUT2D eigenvalue weighted by Gasteiger charge is -2.51. The van der Waals surface area contributed by atoms with Gasteiger partial charge in [0.05, 0.1) is 59.5 Å². The van der Waals surface area contributed by atoms with E-state index in [1.807, 2.05) is 243 Å². The van der Waals surface area contributed by atoms with Crippen LogP contribution in [0.25, 0.3) is 0 Å². The van der Waals surface area contributed by atoms with E-state index >= 15 is 0 Å². The van der Waals surface area contributed by atoms with Gasteiger partial charge in [-0.25, -0.2) is 0 Å². The molecule has 2 fully saturated rings. The van der Waals surface area contributed by atoms with E-state index in [2.05, 4.69) is 0 Å². The number of ether oxygens (including phenoxy) is 10. The number of aliphatic hydroxyl groups excluding tert-OH is 1. The summed E-state index contributed by atoms with van der Waals surface area (Å²) in [6, 6.07) is 79.8. The van der Waals surface area contributed by atoms with Gasteiger partial charge in [0.25, 0.3) is 0 Å². The summed E-state index contributed by atoms with van der Waals surface area (Å²) in [6.45, 7) is 1.84. The third-order valence-electron chi connectivity index (χ3n) is 14.2. The lowest BCUT2D eigenvalue weighted by Crippen LogP contribution is -2.69. The Bertz CT molecular complexity index is 2910. The molecule has 0 amide bonds. The number of hydrogen-bond acceptors (Lipinski definition) is 11. The van der Waals surface area contributed by atoms with Gasteiger partial charge in [0.15, 0.2) is 6.29 Å². The maximum atomic E-state index is 13.3. The van der Waals surface area contributed by atoms with Crippen LogP contribution in [-0.2, 0) is 100 Å². The Morgan fingerprint density at radius 2 is 0.506 bits per heavy atom. The Kier molecular flexibility index (Phi) is 20.8. The van der Waals surface area contributed by atoms with Crippen molar-refractivity contribution in [1.29, 1.82) is 0 Å². The average molecular weight is 1060 g/mol. The average Bonchev–Trinajstić information content (AvgIpc) is 3.65. The molecule has 2 aliphatic rings. The second-order valence-electron chi connectivity index (χ2n) is 20.0. The molecule has 1 saturated heterocycles. The summed E-state index contributed by atoms with van der Waals surface area (Å²) in [5.41, 5.74) is 7.60. The van der Waals surface area contributed by atoms with Crippen LogP contribution in [0.5, 0.6) is 0 Å². The van der Waals surface area contributed by atoms with Crippen LogP contribution < -0.4 is 0 Å². The molecule has 0 bridgehead atoms. The Balaban J connectivity index is 1.07. The fourth-order valence-corrected chi connectivity index (χ4v) is 10.1. The summed E-state index contributed by atoms with van der Waals surface area (Å²) in [5, 5.41) is 13.3. The zero-order valence-corrected chi connectivity index (χ0v) is 44.3. The first-order valence-electron chi connectivity index (χ1n) is 27.3. The van der Waals surface area contributed by atoms with Gasteiger partial charge in [0, 0.05) is 0 Å². The van der Waals surface area contributed by atoms with Gasteiger partial charge in [-0.15, -0.1) is 0 Å². The van der Waals surface area contributed by atoms with Crippen molar-refractivity contribution < 1.29 is 52.5 Å². The first-order valence-corrected chi connectivity index (χ1v) is 27.3. The second-order valence-corrected chi connectivity index (χ2v) is 20.0. The zero-order valence-electron chi connectivity index (χ0n) is 44.3. The predicted octanol–water partition coefficient (Wildman–Crippen LogP) is 11.8. The Labute approximate surface area is 464 Å². The van der Waals surface area contributed by atoms with E-state index < -0.39 is 67.3 Å². The van der Waals surface area contributed by atoms with E-state index in [9.17, 15) is 5.11 Å². The van der Waals surface area contributed by atoms with Crippen molar-refractivity contribution in [2.45, 2.75) is 120 Å². The topological polar surface area (TPSA) is 113 Å². The summed E-state index contributed by atoms with van der Waals surface area (Å²) < 4.78 is 70.7. The summed E-state index contributed by atoms with van der Waals surface area (Å²) in [5.74, 6) is 0. The Morgan fingerprint density at radius 1 is 0.266 bits per heavy atom. The lowest BCUT2D eigenvalue weighted by atomic mass is 9.83. The van der Waals surface area contributed by atoms with Crippen LogP contribution >= 0.6 is 0 Å². The standard InChI is InChI=1S/C68H70O11/c69-59-61(72-43-52-29-13-3-14-30-52)64(74-45-54-33-17-5-18-34-54)66(76-47-56-37-21-7-22-38-56)65(75-46-55-35-19-6-20-36-55)62(59)79-68-67(77-48-57-39-23-8-24-40-57)63(73-44-53-31-15-4-16-32-53)60(71-42-51-27-11-2-12-28-51)58(78-68)49-70-41-50-25-9-1-10-26-50/h1-40,58-69H,41-49H2/t58?,59-,60-,61?,62?,63-,64+,65?,66-,67?,68-/m0/s1. The van der Waals surface area contributed by atoms with Crippen LogP contribution in [-0.4, -0.2) is 79.0 Å². The minimum atomic E-state index is -1.37. The number of benzene rings is 8. The van der Waals surface area contributed by atoms with Crippen molar-refractivity contribution >= 4 is 0 Å². The van der Waals surface area contributed by atoms with Gasteiger partial charge in [-0.1, -0.05) is 243 Å². The van der Waals surface area contributed by atoms with Gasteiger partial charge in [0.1, 0.15) is 61.0 Å². The maximum absolute atomic E-state index is 13.3. The van der Waals surface area contributed by atoms with Gasteiger partial charge in [-0.3, -0.25) is 0 Å². The highest BCUT2D eigenvalue weighted by molar-refractivity contribution is 5.20. The van der Waals surface area contributed by atoms with E-state index in [0.29, 0.717) is 6.61 Å². The van der Waals surface area contributed by atoms with Gasteiger partial charge >= 0.3 is 0 Å². The molecule has 11 heteroatoms. The minimum absolute atomic E-state index is 0.104. The number of aliphatic hydroxyl groups is 1. The summed E-state index contributed by atoms with van der Waals surface area (Å²) >= 11 is 0. The van der Waals surface area contributed by atoms with E-state index in [-0.39, 0.29) is 52.9 Å². The van der Waals surface area contributed by atoms with Crippen molar-refractivity contribution in [3.63, 3.8) is 0 Å². The summed E-state index contributed by atoms with van der Waals surface area (Å²) in [7, 11) is 0. The SMILES string of the molecule is O[C@@H]1C(O[C@@H]2OC(COCc3ccccc3)[C@H](OCc3ccccc3)[C@H](OCc3ccccc3)C2OCc2ccccc2)C(OCc2ccccc2)[C@@H](OCc2ccccc2)[C@H](OCc2ccccc2)C1OCc1ccccc1. The molecule has 10 rings (SSSR count). The smallest absolute Gasteiger partial charge is 0.187 e. The molecule has 408 valence electrons. The monoisotopic (exact) mass is 1060 g/mol. The van der Waals surface area contributed by atoms with Gasteiger partial charge in [-0.05, 0) is 44.5 Å². The maximum Gasteiger partial charge on any atom is 0.187 e. The van der Waals surface area contributed by atoms with Crippen LogP contribution in [0, 0.1) is 0 Å². The molecule has 8 aromatic carbocycles. The first kappa shape index (κ1) is 55.6. The molecule has 8 aromatic rings. The van der Waals surface area contributed by atoms with Gasteiger partial charge in [-0.2, -0.15) is 0 Å². The molecular formula is C68H70O11. The van der Waals surface area contributed by atoms with Crippen molar-refractivity contribution in [2.24, 2.45) is 0 Å². The van der Waals surface area contributed by atoms with E-state index in [1.54, 1.807) is 0 Å². The largest absolute Gasteiger partial charge is 0.387 e. The highest BCUT2D eigenvalue weighted by Gasteiger charge is 2.57. The van der Waals surface area contributed by atoms with Crippen LogP contribution in [0.1, 0.15) is 44.5 Å². The third kappa shape index (κ3) is 16.0. The highest BCUT2D eigenvalue weighted by atomic mass is 16.7. The van der Waals surface area contributed by atoms with Crippen molar-refractivity contribution in [3.05, 3.63) is 287 Å². The quantitative estimate of drug-likeness (QED) is 0.0531. The van der Waals surface area contributed by atoms with Crippen molar-refractivity contribution in [3.8, 4) is 0 Å². The van der Waals surface area contributed by atoms with E-state index in [0.717, 1.165) is 44.5 Å². The Morgan fingerprint density at radius 3 is 0.835 bits per heavy atom. The lowest BCUT2D eigenvalue weighted by molar-refractivity contribution is -0.363. The van der Waals surface area contributed by atoms with Crippen LogP contribution in [0.3, 0.4) is 0 Å². The third-order valence-corrected chi connectivity index (χ3v) is 14.2. The molecule has 1 aliphatic carbocycles. The van der Waals surface area contributed by atoms with Crippen LogP contribution in [0.15, 0.2) is 243 Å². The molecule has 1 saturated carbocycles. The van der Waals surface area contributed by atoms with Crippen LogP contribution in [0.2, 0.25) is 0 Å². The molecule has 79 heavy (non-hydrogen) atoms. The molecule has 1 aliphatic heterocycles. The number of rotatable bonds is 27. The molecule has 11 nitrogen and oxygen atoms in total. The predicted molar refractivity (Wildman–Crippen MR) is 301 cm³/mol. The number of hydrogen-bond donors (Lipinski definition) is 1. The molecule has 1 heterocycles. The second kappa shape index (κ2) is 29.5. The fourth-order valence-electron chi connectivity index (χ4n) is 10.1. The normalized spacial score (nSPS) is 24.0. The molecule has 0 radical (unpaired) electrons. The molecule has 1 N–H and O–H groups in total. The van der Waals surface area contributed by atoms with Gasteiger partial charge in [0.2, 0.25) is 0 Å². The molecule has 0 spiro atoms. The fraction of sp³-hybridized carbons (Fsp3) is 0.294. The van der Waals surface area contributed by atoms with Crippen LogP contribution in [0.4, 0.5) is 0 Å². The highest BCUT2D eigenvalue weighted by Crippen LogP contribution is 2.39. The molecule has 5 unspecified atom stereocenters. The van der Waals surface area contributed by atoms with Gasteiger partial charge < -0.3 is 52.5 Å². The van der Waals surface area contributed by atoms with Crippen molar-refractivity contribution in [2.75, 3.05) is 6.61 Å². The summed E-state index contributed by atoms with van der Waals surface area (Å²) in [4.78, 5) is 0. The molecular weight excluding hydrogens is 993 g/mol.